The number of nitrogens with zero attached hydrogens (tertiary/aromatic N) is 1. The summed E-state index contributed by atoms with van der Waals surface area (Å²) in [5.74, 6) is 0.257. The molecule has 1 aromatic rings. The summed E-state index contributed by atoms with van der Waals surface area (Å²) in [4.78, 5) is 27.6. The van der Waals surface area contributed by atoms with E-state index < -0.39 is 0 Å². The molecule has 0 spiro atoms. The molecule has 0 aromatic heterocycles. The summed E-state index contributed by atoms with van der Waals surface area (Å²) in [6, 6.07) is 7.63. The number of hydrogen-bond acceptors (Lipinski definition) is 2. The van der Waals surface area contributed by atoms with Crippen LogP contribution < -0.4 is 4.90 Å². The zero-order valence-electron chi connectivity index (χ0n) is 11.5. The Hall–Kier alpha value is -0.680. The van der Waals surface area contributed by atoms with Crippen LogP contribution in [-0.4, -0.2) is 21.5 Å². The van der Waals surface area contributed by atoms with Crippen LogP contribution in [0.3, 0.4) is 0 Å². The number of halogens is 2. The Labute approximate surface area is 140 Å². The monoisotopic (exact) mass is 411 g/mol. The maximum atomic E-state index is 12.8. The average molecular weight is 413 g/mol. The van der Waals surface area contributed by atoms with E-state index in [2.05, 4.69) is 31.9 Å². The molecule has 1 saturated heterocycles. The van der Waals surface area contributed by atoms with Crippen LogP contribution in [0.1, 0.15) is 12.0 Å². The summed E-state index contributed by atoms with van der Waals surface area (Å²) < 4.78 is 0. The van der Waals surface area contributed by atoms with Gasteiger partial charge in [0.25, 0.3) is 0 Å². The van der Waals surface area contributed by atoms with Gasteiger partial charge in [-0.25, -0.2) is 0 Å². The minimum Gasteiger partial charge on any atom is -0.274 e. The van der Waals surface area contributed by atoms with E-state index in [1.54, 1.807) is 0 Å². The number of amides is 2. The lowest BCUT2D eigenvalue weighted by Crippen LogP contribution is -2.37. The maximum absolute atomic E-state index is 12.8. The van der Waals surface area contributed by atoms with Gasteiger partial charge < -0.3 is 0 Å². The third-order valence-corrected chi connectivity index (χ3v) is 8.45. The van der Waals surface area contributed by atoms with Crippen molar-refractivity contribution >= 4 is 49.4 Å². The zero-order chi connectivity index (χ0) is 14.9. The van der Waals surface area contributed by atoms with Crippen molar-refractivity contribution in [1.82, 2.24) is 0 Å². The van der Waals surface area contributed by atoms with Crippen LogP contribution >= 0.6 is 31.9 Å². The van der Waals surface area contributed by atoms with Crippen molar-refractivity contribution in [3.05, 3.63) is 29.8 Å². The minimum absolute atomic E-state index is 0.00745. The first-order chi connectivity index (χ1) is 10.0. The fourth-order valence-corrected chi connectivity index (χ4v) is 6.24. The fourth-order valence-electron chi connectivity index (χ4n) is 4.37. The Bertz CT molecular complexity index is 615. The first kappa shape index (κ1) is 13.9. The molecule has 0 N–H and O–H groups in total. The van der Waals surface area contributed by atoms with E-state index in [1.165, 1.54) is 4.90 Å². The third kappa shape index (κ3) is 1.76. The van der Waals surface area contributed by atoms with Gasteiger partial charge in [-0.3, -0.25) is 14.5 Å². The van der Waals surface area contributed by atoms with Crippen molar-refractivity contribution in [3.63, 3.8) is 0 Å². The molecule has 2 aliphatic carbocycles. The number of carbonyl (C=O) groups is 2. The highest BCUT2D eigenvalue weighted by atomic mass is 79.9. The lowest BCUT2D eigenvalue weighted by molar-refractivity contribution is -0.123. The van der Waals surface area contributed by atoms with Crippen molar-refractivity contribution in [1.29, 1.82) is 0 Å². The second kappa shape index (κ2) is 4.66. The Morgan fingerprint density at radius 2 is 1.62 bits per heavy atom. The van der Waals surface area contributed by atoms with Gasteiger partial charge in [0.15, 0.2) is 0 Å². The number of rotatable bonds is 1. The van der Waals surface area contributed by atoms with Crippen LogP contribution in [0, 0.1) is 30.6 Å². The van der Waals surface area contributed by atoms with Gasteiger partial charge in [0.2, 0.25) is 11.8 Å². The fraction of sp³-hybridized carbons (Fsp3) is 0.500. The molecule has 110 valence electrons. The molecule has 1 aliphatic heterocycles. The number of hydrogen-bond donors (Lipinski definition) is 0. The van der Waals surface area contributed by atoms with E-state index in [0.29, 0.717) is 0 Å². The van der Waals surface area contributed by atoms with Crippen molar-refractivity contribution in [2.45, 2.75) is 23.0 Å². The quantitative estimate of drug-likeness (QED) is 0.524. The van der Waals surface area contributed by atoms with Gasteiger partial charge in [0.05, 0.1) is 17.5 Å². The minimum atomic E-state index is -0.138. The summed E-state index contributed by atoms with van der Waals surface area (Å²) in [5.41, 5.74) is 1.78. The van der Waals surface area contributed by atoms with Gasteiger partial charge in [0, 0.05) is 9.65 Å². The molecule has 0 unspecified atom stereocenters. The Morgan fingerprint density at radius 3 is 2.14 bits per heavy atom. The molecular weight excluding hydrogens is 398 g/mol. The number of imide groups is 1. The van der Waals surface area contributed by atoms with E-state index in [4.69, 9.17) is 0 Å². The Morgan fingerprint density at radius 1 is 1.05 bits per heavy atom. The summed E-state index contributed by atoms with van der Waals surface area (Å²) in [6.07, 6.45) is 0.973. The summed E-state index contributed by atoms with van der Waals surface area (Å²) >= 11 is 7.41. The van der Waals surface area contributed by atoms with Crippen LogP contribution in [0.15, 0.2) is 24.3 Å². The largest absolute Gasteiger partial charge is 0.274 e. The molecule has 3 nitrogen and oxygen atoms in total. The van der Waals surface area contributed by atoms with Crippen LogP contribution in [0.5, 0.6) is 0 Å². The summed E-state index contributed by atoms with van der Waals surface area (Å²) in [7, 11) is 0. The maximum Gasteiger partial charge on any atom is 0.238 e. The van der Waals surface area contributed by atoms with Crippen LogP contribution in [-0.2, 0) is 9.59 Å². The van der Waals surface area contributed by atoms with Crippen molar-refractivity contribution in [2.75, 3.05) is 4.90 Å². The molecule has 2 amide bonds. The lowest BCUT2D eigenvalue weighted by Gasteiger charge is -2.28. The number of anilines is 1. The van der Waals surface area contributed by atoms with Crippen molar-refractivity contribution in [2.24, 2.45) is 23.7 Å². The smallest absolute Gasteiger partial charge is 0.238 e. The summed E-state index contributed by atoms with van der Waals surface area (Å²) in [6.45, 7) is 1.97. The van der Waals surface area contributed by atoms with E-state index in [1.807, 2.05) is 31.2 Å². The van der Waals surface area contributed by atoms with Gasteiger partial charge in [-0.1, -0.05) is 44.0 Å². The molecule has 4 rings (SSSR count). The van der Waals surface area contributed by atoms with Crippen LogP contribution in [0.2, 0.25) is 0 Å². The number of aryl methyl sites for hydroxylation is 1. The van der Waals surface area contributed by atoms with Gasteiger partial charge in [-0.15, -0.1) is 0 Å². The molecule has 5 heteroatoms. The Balaban J connectivity index is 1.75. The van der Waals surface area contributed by atoms with Gasteiger partial charge in [0.1, 0.15) is 0 Å². The molecule has 2 bridgehead atoms. The number of carbonyl (C=O) groups excluding carboxylic acids is 2. The van der Waals surface area contributed by atoms with Gasteiger partial charge in [-0.05, 0) is 42.9 Å². The second-order valence-electron chi connectivity index (χ2n) is 6.35. The highest BCUT2D eigenvalue weighted by Crippen LogP contribution is 2.60. The number of alkyl halides is 2. The van der Waals surface area contributed by atoms with Gasteiger partial charge in [-0.2, -0.15) is 0 Å². The first-order valence-electron chi connectivity index (χ1n) is 7.23. The van der Waals surface area contributed by atoms with Crippen molar-refractivity contribution < 1.29 is 9.59 Å². The van der Waals surface area contributed by atoms with Crippen LogP contribution in [0.25, 0.3) is 0 Å². The molecule has 2 saturated carbocycles. The van der Waals surface area contributed by atoms with E-state index >= 15 is 0 Å². The first-order valence-corrected chi connectivity index (χ1v) is 9.06. The number of benzene rings is 1. The third-order valence-electron chi connectivity index (χ3n) is 5.25. The molecule has 6 atom stereocenters. The second-order valence-corrected chi connectivity index (χ2v) is 8.47. The standard InChI is InChI=1S/C16H15Br2NO2/c1-7-3-2-4-8(5-7)19-15(20)11-9-6-10(12(11)16(19)21)14(18)13(9)17/h2-5,9-14H,6H2,1H3/t9-,10-,11-,12+,13+,14+/m1/s1. The van der Waals surface area contributed by atoms with Crippen LogP contribution in [0.4, 0.5) is 5.69 Å². The Kier molecular flexibility index (Phi) is 3.09. The van der Waals surface area contributed by atoms with Crippen molar-refractivity contribution in [3.8, 4) is 0 Å². The highest BCUT2D eigenvalue weighted by molar-refractivity contribution is 9.12. The van der Waals surface area contributed by atoms with E-state index in [-0.39, 0.29) is 45.1 Å². The predicted octanol–water partition coefficient (Wildman–Crippen LogP) is 3.28. The molecule has 3 aliphatic rings. The summed E-state index contributed by atoms with van der Waals surface area (Å²) in [5, 5.41) is 0. The predicted molar refractivity (Wildman–Crippen MR) is 87.7 cm³/mol. The lowest BCUT2D eigenvalue weighted by atomic mass is 9.81. The van der Waals surface area contributed by atoms with E-state index in [0.717, 1.165) is 17.7 Å². The van der Waals surface area contributed by atoms with E-state index in [9.17, 15) is 9.59 Å². The highest BCUT2D eigenvalue weighted by Gasteiger charge is 2.66. The molecule has 3 fully saturated rings. The topological polar surface area (TPSA) is 37.4 Å². The molecule has 21 heavy (non-hydrogen) atoms. The van der Waals surface area contributed by atoms with Gasteiger partial charge >= 0.3 is 0 Å². The normalized spacial score (nSPS) is 41.0. The molecule has 0 radical (unpaired) electrons. The molecule has 1 aromatic carbocycles. The molecule has 1 heterocycles. The SMILES string of the molecule is Cc1cccc(N2C(=O)[C@@H]3[C@H]4C[C@@H]([C@H](Br)[C@H]4Br)[C@@H]3C2=O)c1. The number of fused-ring (bicyclic) bond motifs is 5. The zero-order valence-corrected chi connectivity index (χ0v) is 14.7. The average Bonchev–Trinajstić information content (AvgIpc) is 3.04. The molecular formula is C16H15Br2NO2.